The molecule has 0 spiro atoms. The molecule has 0 radical (unpaired) electrons. The van der Waals surface area contributed by atoms with Gasteiger partial charge in [-0.15, -0.1) is 0 Å². The standard InChI is InChI=1S/C20H14N4/c1-7-21-8-2-15(1)18-13-20(17-5-11-23-12-6-17)24-14-19(18)16-3-9-22-10-4-16/h1-14H. The van der Waals surface area contributed by atoms with Crippen LogP contribution in [0.1, 0.15) is 0 Å². The first-order valence-corrected chi connectivity index (χ1v) is 7.63. The number of hydrogen-bond donors (Lipinski definition) is 0. The van der Waals surface area contributed by atoms with E-state index >= 15 is 0 Å². The molecule has 0 fully saturated rings. The fraction of sp³-hybridized carbons (Fsp3) is 0. The Labute approximate surface area is 139 Å². The van der Waals surface area contributed by atoms with Gasteiger partial charge in [-0.3, -0.25) is 19.9 Å². The molecular formula is C20H14N4. The lowest BCUT2D eigenvalue weighted by Gasteiger charge is -2.12. The van der Waals surface area contributed by atoms with Crippen molar-refractivity contribution in [1.29, 1.82) is 0 Å². The SMILES string of the molecule is c1cc(-c2cc(-c3ccncc3)c(-c3ccncc3)cn2)ccn1. The molecule has 4 heteroatoms. The van der Waals surface area contributed by atoms with Gasteiger partial charge < -0.3 is 0 Å². The second-order valence-electron chi connectivity index (χ2n) is 5.32. The fourth-order valence-electron chi connectivity index (χ4n) is 2.67. The Hall–Kier alpha value is -3.40. The molecule has 4 aromatic rings. The highest BCUT2D eigenvalue weighted by Crippen LogP contribution is 2.33. The normalized spacial score (nSPS) is 10.5. The Bertz CT molecular complexity index is 939. The van der Waals surface area contributed by atoms with Crippen molar-refractivity contribution in [2.24, 2.45) is 0 Å². The molecule has 0 atom stereocenters. The summed E-state index contributed by atoms with van der Waals surface area (Å²) in [5, 5.41) is 0. The summed E-state index contributed by atoms with van der Waals surface area (Å²) < 4.78 is 0. The molecule has 0 saturated carbocycles. The predicted octanol–water partition coefficient (Wildman–Crippen LogP) is 4.27. The lowest BCUT2D eigenvalue weighted by atomic mass is 9.96. The Morgan fingerprint density at radius 3 is 1.50 bits per heavy atom. The van der Waals surface area contributed by atoms with Gasteiger partial charge in [0, 0.05) is 54.5 Å². The summed E-state index contributed by atoms with van der Waals surface area (Å²) in [5.74, 6) is 0. The first-order valence-electron chi connectivity index (χ1n) is 7.63. The summed E-state index contributed by atoms with van der Waals surface area (Å²) in [6.07, 6.45) is 12.7. The summed E-state index contributed by atoms with van der Waals surface area (Å²) >= 11 is 0. The van der Waals surface area contributed by atoms with E-state index in [4.69, 9.17) is 0 Å². The summed E-state index contributed by atoms with van der Waals surface area (Å²) in [6.45, 7) is 0. The van der Waals surface area contributed by atoms with E-state index in [-0.39, 0.29) is 0 Å². The van der Waals surface area contributed by atoms with E-state index in [9.17, 15) is 0 Å². The van der Waals surface area contributed by atoms with Crippen molar-refractivity contribution in [3.8, 4) is 33.5 Å². The Kier molecular flexibility index (Phi) is 3.78. The fourth-order valence-corrected chi connectivity index (χ4v) is 2.67. The molecule has 24 heavy (non-hydrogen) atoms. The van der Waals surface area contributed by atoms with Crippen LogP contribution in [0.4, 0.5) is 0 Å². The first-order chi connectivity index (χ1) is 11.9. The molecule has 4 heterocycles. The van der Waals surface area contributed by atoms with Crippen LogP contribution in [-0.4, -0.2) is 19.9 Å². The molecule has 0 amide bonds. The minimum atomic E-state index is 0.919. The van der Waals surface area contributed by atoms with E-state index in [0.717, 1.165) is 33.5 Å². The minimum Gasteiger partial charge on any atom is -0.265 e. The van der Waals surface area contributed by atoms with Gasteiger partial charge >= 0.3 is 0 Å². The van der Waals surface area contributed by atoms with Crippen LogP contribution in [0.2, 0.25) is 0 Å². The Morgan fingerprint density at radius 1 is 0.500 bits per heavy atom. The topological polar surface area (TPSA) is 51.6 Å². The monoisotopic (exact) mass is 310 g/mol. The Balaban J connectivity index is 1.92. The van der Waals surface area contributed by atoms with Crippen LogP contribution in [0.25, 0.3) is 33.5 Å². The summed E-state index contributed by atoms with van der Waals surface area (Å²) in [7, 11) is 0. The lowest BCUT2D eigenvalue weighted by molar-refractivity contribution is 1.28. The highest BCUT2D eigenvalue weighted by Gasteiger charge is 2.10. The predicted molar refractivity (Wildman–Crippen MR) is 93.9 cm³/mol. The van der Waals surface area contributed by atoms with Crippen LogP contribution in [0.3, 0.4) is 0 Å². The van der Waals surface area contributed by atoms with Crippen molar-refractivity contribution < 1.29 is 0 Å². The van der Waals surface area contributed by atoms with Crippen LogP contribution in [0.5, 0.6) is 0 Å². The minimum absolute atomic E-state index is 0.919. The number of nitrogens with zero attached hydrogens (tertiary/aromatic N) is 4. The molecule has 0 saturated heterocycles. The van der Waals surface area contributed by atoms with Gasteiger partial charge in [-0.1, -0.05) is 0 Å². The molecule has 0 aromatic carbocycles. The van der Waals surface area contributed by atoms with Crippen molar-refractivity contribution in [1.82, 2.24) is 19.9 Å². The second-order valence-corrected chi connectivity index (χ2v) is 5.32. The van der Waals surface area contributed by atoms with Crippen molar-refractivity contribution in [2.75, 3.05) is 0 Å². The average Bonchev–Trinajstić information content (AvgIpc) is 2.69. The third kappa shape index (κ3) is 2.77. The summed E-state index contributed by atoms with van der Waals surface area (Å²) in [6, 6.07) is 14.0. The van der Waals surface area contributed by atoms with Gasteiger partial charge in [-0.2, -0.15) is 0 Å². The van der Waals surface area contributed by atoms with Crippen molar-refractivity contribution in [2.45, 2.75) is 0 Å². The molecule has 0 aliphatic rings. The first kappa shape index (κ1) is 14.2. The van der Waals surface area contributed by atoms with E-state index in [1.165, 1.54) is 0 Å². The van der Waals surface area contributed by atoms with Crippen LogP contribution >= 0.6 is 0 Å². The molecule has 4 aromatic heterocycles. The zero-order chi connectivity index (χ0) is 16.2. The third-order valence-corrected chi connectivity index (χ3v) is 3.86. The van der Waals surface area contributed by atoms with E-state index in [1.54, 1.807) is 37.2 Å². The lowest BCUT2D eigenvalue weighted by Crippen LogP contribution is -1.91. The molecule has 0 bridgehead atoms. The van der Waals surface area contributed by atoms with Gasteiger partial charge in [0.15, 0.2) is 0 Å². The highest BCUT2D eigenvalue weighted by atomic mass is 14.7. The molecule has 114 valence electrons. The van der Waals surface area contributed by atoms with Gasteiger partial charge in [-0.25, -0.2) is 0 Å². The highest BCUT2D eigenvalue weighted by molar-refractivity contribution is 5.85. The molecule has 0 aliphatic heterocycles. The maximum absolute atomic E-state index is 4.65. The quantitative estimate of drug-likeness (QED) is 0.567. The average molecular weight is 310 g/mol. The molecule has 0 aliphatic carbocycles. The summed E-state index contributed by atoms with van der Waals surface area (Å²) in [5.41, 5.74) is 6.34. The number of rotatable bonds is 3. The third-order valence-electron chi connectivity index (χ3n) is 3.86. The maximum atomic E-state index is 4.65. The van der Waals surface area contributed by atoms with Crippen LogP contribution in [0, 0.1) is 0 Å². The maximum Gasteiger partial charge on any atom is 0.0709 e. The van der Waals surface area contributed by atoms with E-state index in [1.807, 2.05) is 42.6 Å². The van der Waals surface area contributed by atoms with Crippen molar-refractivity contribution >= 4 is 0 Å². The second kappa shape index (κ2) is 6.38. The zero-order valence-corrected chi connectivity index (χ0v) is 12.9. The number of pyridine rings is 4. The van der Waals surface area contributed by atoms with Gasteiger partial charge in [0.2, 0.25) is 0 Å². The smallest absolute Gasteiger partial charge is 0.0709 e. The van der Waals surface area contributed by atoms with E-state index in [2.05, 4.69) is 26.0 Å². The molecule has 0 unspecified atom stereocenters. The van der Waals surface area contributed by atoms with Crippen molar-refractivity contribution in [3.05, 3.63) is 85.8 Å². The Morgan fingerprint density at radius 2 is 0.958 bits per heavy atom. The van der Waals surface area contributed by atoms with E-state index in [0.29, 0.717) is 0 Å². The molecule has 4 rings (SSSR count). The van der Waals surface area contributed by atoms with Crippen molar-refractivity contribution in [3.63, 3.8) is 0 Å². The van der Waals surface area contributed by atoms with Crippen LogP contribution in [-0.2, 0) is 0 Å². The van der Waals surface area contributed by atoms with Gasteiger partial charge in [0.05, 0.1) is 5.69 Å². The molecular weight excluding hydrogens is 296 g/mol. The number of hydrogen-bond acceptors (Lipinski definition) is 4. The van der Waals surface area contributed by atoms with Gasteiger partial charge in [0.1, 0.15) is 0 Å². The largest absolute Gasteiger partial charge is 0.265 e. The molecule has 4 nitrogen and oxygen atoms in total. The van der Waals surface area contributed by atoms with Gasteiger partial charge in [0.25, 0.3) is 0 Å². The van der Waals surface area contributed by atoms with Crippen LogP contribution in [0.15, 0.2) is 85.8 Å². The zero-order valence-electron chi connectivity index (χ0n) is 12.9. The van der Waals surface area contributed by atoms with Crippen LogP contribution < -0.4 is 0 Å². The van der Waals surface area contributed by atoms with Gasteiger partial charge in [-0.05, 0) is 59.2 Å². The van der Waals surface area contributed by atoms with E-state index < -0.39 is 0 Å². The summed E-state index contributed by atoms with van der Waals surface area (Å²) in [4.78, 5) is 16.9. The molecule has 0 N–H and O–H groups in total. The number of aromatic nitrogens is 4.